The Hall–Kier alpha value is -1.36. The van der Waals surface area contributed by atoms with Gasteiger partial charge in [0.25, 0.3) is 0 Å². The number of carbonyl (C=O) groups is 1. The summed E-state index contributed by atoms with van der Waals surface area (Å²) in [6, 6.07) is 0.764. The fraction of sp³-hybridized carbons (Fsp3) is 0.800. The molecule has 2 fully saturated rings. The number of nitrogens with one attached hydrogen (secondary N) is 1. The molecule has 140 valence electrons. The van der Waals surface area contributed by atoms with E-state index in [1.54, 1.807) is 0 Å². The highest BCUT2D eigenvalue weighted by molar-refractivity contribution is 5.83. The van der Waals surface area contributed by atoms with Gasteiger partial charge in [0.05, 0.1) is 11.6 Å². The summed E-state index contributed by atoms with van der Waals surface area (Å²) in [5.41, 5.74) is 3.12. The average molecular weight is 347 g/mol. The summed E-state index contributed by atoms with van der Waals surface area (Å²) in [7, 11) is 1.94. The normalized spacial score (nSPS) is 25.4. The number of fused-ring (bicyclic) bond motifs is 1. The standard InChI is InChI=1S/C20H34N4O/c1-14(19-15(2)22-23(4)16(19)3)20(25)21-11-13-24-12-7-9-17-8-5-6-10-18(17)24/h14,17-18H,5-13H2,1-4H3,(H,21,25). The first kappa shape index (κ1) is 18.4. The van der Waals surface area contributed by atoms with Crippen LogP contribution in [0.2, 0.25) is 0 Å². The molecule has 5 nitrogen and oxygen atoms in total. The first-order chi connectivity index (χ1) is 12.0. The van der Waals surface area contributed by atoms with Crippen LogP contribution in [0.5, 0.6) is 0 Å². The third-order valence-electron chi connectivity index (χ3n) is 6.45. The van der Waals surface area contributed by atoms with Crippen molar-refractivity contribution >= 4 is 5.91 Å². The lowest BCUT2D eigenvalue weighted by Crippen LogP contribution is -2.49. The number of aryl methyl sites for hydroxylation is 2. The van der Waals surface area contributed by atoms with Crippen molar-refractivity contribution in [3.05, 3.63) is 17.0 Å². The van der Waals surface area contributed by atoms with Gasteiger partial charge in [-0.25, -0.2) is 0 Å². The number of rotatable bonds is 5. The lowest BCUT2D eigenvalue weighted by atomic mass is 9.78. The molecule has 1 saturated carbocycles. The van der Waals surface area contributed by atoms with Crippen molar-refractivity contribution in [2.45, 2.75) is 71.3 Å². The molecule has 25 heavy (non-hydrogen) atoms. The van der Waals surface area contributed by atoms with Crippen LogP contribution in [0.25, 0.3) is 0 Å². The van der Waals surface area contributed by atoms with Crippen LogP contribution >= 0.6 is 0 Å². The van der Waals surface area contributed by atoms with Crippen molar-refractivity contribution in [2.75, 3.05) is 19.6 Å². The fourth-order valence-electron chi connectivity index (χ4n) is 5.03. The predicted molar refractivity (Wildman–Crippen MR) is 101 cm³/mol. The lowest BCUT2D eigenvalue weighted by molar-refractivity contribution is -0.122. The van der Waals surface area contributed by atoms with Gasteiger partial charge < -0.3 is 5.32 Å². The lowest BCUT2D eigenvalue weighted by Gasteiger charge is -2.44. The van der Waals surface area contributed by atoms with Crippen LogP contribution in [0.1, 0.15) is 68.3 Å². The van der Waals surface area contributed by atoms with Crippen molar-refractivity contribution < 1.29 is 4.79 Å². The smallest absolute Gasteiger partial charge is 0.227 e. The quantitative estimate of drug-likeness (QED) is 0.892. The highest BCUT2D eigenvalue weighted by atomic mass is 16.1. The Bertz CT molecular complexity index is 607. The molecule has 5 heteroatoms. The molecular weight excluding hydrogens is 312 g/mol. The van der Waals surface area contributed by atoms with Crippen molar-refractivity contribution in [1.29, 1.82) is 0 Å². The zero-order chi connectivity index (χ0) is 18.0. The first-order valence-corrected chi connectivity index (χ1v) is 10.0. The first-order valence-electron chi connectivity index (χ1n) is 10.0. The third kappa shape index (κ3) is 3.91. The Morgan fingerprint density at radius 1 is 1.24 bits per heavy atom. The summed E-state index contributed by atoms with van der Waals surface area (Å²) >= 11 is 0. The maximum atomic E-state index is 12.6. The molecule has 2 heterocycles. The van der Waals surface area contributed by atoms with Gasteiger partial charge in [-0.2, -0.15) is 5.10 Å². The Kier molecular flexibility index (Phi) is 5.82. The summed E-state index contributed by atoms with van der Waals surface area (Å²) in [5.74, 6) is 0.881. The second kappa shape index (κ2) is 7.90. The summed E-state index contributed by atoms with van der Waals surface area (Å²) in [5, 5.41) is 7.61. The molecule has 1 amide bonds. The minimum absolute atomic E-state index is 0.122. The molecule has 1 aromatic heterocycles. The zero-order valence-electron chi connectivity index (χ0n) is 16.3. The van der Waals surface area contributed by atoms with E-state index in [0.717, 1.165) is 42.0 Å². The average Bonchev–Trinajstić information content (AvgIpc) is 2.86. The number of amides is 1. The Labute approximate surface area is 152 Å². The van der Waals surface area contributed by atoms with Gasteiger partial charge in [0.2, 0.25) is 5.91 Å². The molecule has 1 aliphatic heterocycles. The summed E-state index contributed by atoms with van der Waals surface area (Å²) in [4.78, 5) is 15.3. The van der Waals surface area contributed by atoms with Gasteiger partial charge in [-0.3, -0.25) is 14.4 Å². The van der Waals surface area contributed by atoms with Crippen LogP contribution in [-0.2, 0) is 11.8 Å². The monoisotopic (exact) mass is 346 g/mol. The SMILES string of the molecule is Cc1nn(C)c(C)c1C(C)C(=O)NCCN1CCCC2CCCCC21. The number of hydrogen-bond donors (Lipinski definition) is 1. The Morgan fingerprint density at radius 3 is 2.68 bits per heavy atom. The molecule has 0 aromatic carbocycles. The maximum absolute atomic E-state index is 12.6. The van der Waals surface area contributed by atoms with Gasteiger partial charge in [0.1, 0.15) is 0 Å². The van der Waals surface area contributed by atoms with Crippen LogP contribution in [0.15, 0.2) is 0 Å². The zero-order valence-corrected chi connectivity index (χ0v) is 16.3. The van der Waals surface area contributed by atoms with Gasteiger partial charge in [-0.05, 0) is 58.9 Å². The molecule has 3 rings (SSSR count). The van der Waals surface area contributed by atoms with E-state index in [0.29, 0.717) is 0 Å². The van der Waals surface area contributed by atoms with E-state index in [2.05, 4.69) is 15.3 Å². The van der Waals surface area contributed by atoms with Crippen LogP contribution in [0.4, 0.5) is 0 Å². The van der Waals surface area contributed by atoms with E-state index >= 15 is 0 Å². The molecule has 3 atom stereocenters. The highest BCUT2D eigenvalue weighted by Gasteiger charge is 2.32. The van der Waals surface area contributed by atoms with E-state index in [9.17, 15) is 4.79 Å². The Balaban J connectivity index is 1.52. The molecule has 0 bridgehead atoms. The molecule has 0 spiro atoms. The number of aromatic nitrogens is 2. The molecule has 3 unspecified atom stereocenters. The van der Waals surface area contributed by atoms with Crippen molar-refractivity contribution in [3.63, 3.8) is 0 Å². The molecule has 1 aliphatic carbocycles. The van der Waals surface area contributed by atoms with Gasteiger partial charge >= 0.3 is 0 Å². The van der Waals surface area contributed by atoms with Crippen LogP contribution in [0, 0.1) is 19.8 Å². The molecule has 2 aliphatic rings. The van der Waals surface area contributed by atoms with E-state index < -0.39 is 0 Å². The van der Waals surface area contributed by atoms with Crippen LogP contribution < -0.4 is 5.32 Å². The van der Waals surface area contributed by atoms with Crippen molar-refractivity contribution in [1.82, 2.24) is 20.0 Å². The molecule has 1 aromatic rings. The fourth-order valence-corrected chi connectivity index (χ4v) is 5.03. The number of piperidine rings is 1. The maximum Gasteiger partial charge on any atom is 0.227 e. The largest absolute Gasteiger partial charge is 0.354 e. The molecule has 0 radical (unpaired) electrons. The van der Waals surface area contributed by atoms with E-state index in [4.69, 9.17) is 0 Å². The number of nitrogens with zero attached hydrogens (tertiary/aromatic N) is 3. The third-order valence-corrected chi connectivity index (χ3v) is 6.45. The van der Waals surface area contributed by atoms with Gasteiger partial charge in [-0.1, -0.05) is 12.8 Å². The van der Waals surface area contributed by atoms with Crippen molar-refractivity contribution in [2.24, 2.45) is 13.0 Å². The van der Waals surface area contributed by atoms with E-state index in [-0.39, 0.29) is 11.8 Å². The van der Waals surface area contributed by atoms with Crippen molar-refractivity contribution in [3.8, 4) is 0 Å². The van der Waals surface area contributed by atoms with E-state index in [1.165, 1.54) is 45.1 Å². The topological polar surface area (TPSA) is 50.2 Å². The van der Waals surface area contributed by atoms with Crippen LogP contribution in [0.3, 0.4) is 0 Å². The van der Waals surface area contributed by atoms with Gasteiger partial charge in [0.15, 0.2) is 0 Å². The number of carbonyl (C=O) groups excluding carboxylic acids is 1. The summed E-state index contributed by atoms with van der Waals surface area (Å²) in [6.07, 6.45) is 8.27. The summed E-state index contributed by atoms with van der Waals surface area (Å²) < 4.78 is 1.87. The Morgan fingerprint density at radius 2 is 1.96 bits per heavy atom. The van der Waals surface area contributed by atoms with Crippen LogP contribution in [-0.4, -0.2) is 46.3 Å². The molecular formula is C20H34N4O. The van der Waals surface area contributed by atoms with E-state index in [1.807, 2.05) is 32.5 Å². The second-order valence-electron chi connectivity index (χ2n) is 8.01. The molecule has 1 N–H and O–H groups in total. The number of likely N-dealkylation sites (tertiary alicyclic amines) is 1. The minimum Gasteiger partial charge on any atom is -0.354 e. The van der Waals surface area contributed by atoms with Gasteiger partial charge in [0, 0.05) is 37.4 Å². The predicted octanol–water partition coefficient (Wildman–Crippen LogP) is 2.91. The minimum atomic E-state index is -0.141. The highest BCUT2D eigenvalue weighted by Crippen LogP contribution is 2.34. The number of hydrogen-bond acceptors (Lipinski definition) is 3. The molecule has 1 saturated heterocycles. The summed E-state index contributed by atoms with van der Waals surface area (Å²) in [6.45, 7) is 8.96. The second-order valence-corrected chi connectivity index (χ2v) is 8.01. The van der Waals surface area contributed by atoms with Gasteiger partial charge in [-0.15, -0.1) is 0 Å².